The zero-order valence-corrected chi connectivity index (χ0v) is 17.9. The van der Waals surface area contributed by atoms with Crippen molar-refractivity contribution >= 4 is 11.8 Å². The number of ketones is 1. The number of aromatic nitrogens is 5. The summed E-state index contributed by atoms with van der Waals surface area (Å²) in [5.41, 5.74) is 4.43. The lowest BCUT2D eigenvalue weighted by Crippen LogP contribution is -2.17. The summed E-state index contributed by atoms with van der Waals surface area (Å²) in [6, 6.07) is 18.9. The largest absolute Gasteiger partial charge is 0.454 e. The number of carbonyl (C=O) groups excluding carboxylic acids is 2. The van der Waals surface area contributed by atoms with Gasteiger partial charge in [-0.1, -0.05) is 42.5 Å². The minimum Gasteiger partial charge on any atom is -0.454 e. The molecular formula is C24H23N5O3. The van der Waals surface area contributed by atoms with Crippen LogP contribution in [0.3, 0.4) is 0 Å². The van der Waals surface area contributed by atoms with Gasteiger partial charge >= 0.3 is 5.97 Å². The van der Waals surface area contributed by atoms with Crippen molar-refractivity contribution in [1.82, 2.24) is 24.8 Å². The summed E-state index contributed by atoms with van der Waals surface area (Å²) in [5, 5.41) is 11.0. The van der Waals surface area contributed by atoms with Gasteiger partial charge in [-0.15, -0.1) is 5.10 Å². The van der Waals surface area contributed by atoms with Crippen LogP contribution in [0.2, 0.25) is 0 Å². The molecule has 0 unspecified atom stereocenters. The number of aryl methyl sites for hydroxylation is 2. The van der Waals surface area contributed by atoms with Gasteiger partial charge in [0.25, 0.3) is 0 Å². The number of tetrazole rings is 1. The van der Waals surface area contributed by atoms with Crippen molar-refractivity contribution in [3.63, 3.8) is 0 Å². The second-order valence-corrected chi connectivity index (χ2v) is 7.44. The summed E-state index contributed by atoms with van der Waals surface area (Å²) in [7, 11) is 0. The van der Waals surface area contributed by atoms with Gasteiger partial charge in [0.1, 0.15) is 6.33 Å². The first-order valence-electron chi connectivity index (χ1n) is 10.3. The molecule has 0 N–H and O–H groups in total. The Balaban J connectivity index is 1.43. The Morgan fingerprint density at radius 1 is 0.969 bits per heavy atom. The van der Waals surface area contributed by atoms with Gasteiger partial charge in [-0.05, 0) is 54.5 Å². The van der Waals surface area contributed by atoms with Crippen molar-refractivity contribution in [2.24, 2.45) is 0 Å². The van der Waals surface area contributed by atoms with Crippen molar-refractivity contribution < 1.29 is 14.3 Å². The van der Waals surface area contributed by atoms with E-state index in [2.05, 4.69) is 32.2 Å². The van der Waals surface area contributed by atoms with Crippen molar-refractivity contribution in [3.8, 4) is 5.69 Å². The predicted octanol–water partition coefficient (Wildman–Crippen LogP) is 3.36. The Morgan fingerprint density at radius 3 is 2.47 bits per heavy atom. The average molecular weight is 429 g/mol. The third kappa shape index (κ3) is 4.49. The first-order chi connectivity index (χ1) is 15.5. The number of rotatable bonds is 8. The van der Waals surface area contributed by atoms with E-state index in [9.17, 15) is 9.59 Å². The Morgan fingerprint density at radius 2 is 1.72 bits per heavy atom. The van der Waals surface area contributed by atoms with Crippen LogP contribution in [0.5, 0.6) is 0 Å². The fourth-order valence-electron chi connectivity index (χ4n) is 3.72. The average Bonchev–Trinajstić information content (AvgIpc) is 3.45. The van der Waals surface area contributed by atoms with Crippen LogP contribution in [0.25, 0.3) is 5.69 Å². The molecule has 4 aromatic rings. The molecule has 2 heterocycles. The molecule has 0 aliphatic heterocycles. The number of ether oxygens (including phenoxy) is 1. The molecule has 8 nitrogen and oxygen atoms in total. The van der Waals surface area contributed by atoms with Crippen LogP contribution in [0.1, 0.15) is 37.7 Å². The third-order valence-corrected chi connectivity index (χ3v) is 5.40. The number of para-hydroxylation sites is 1. The maximum atomic E-state index is 12.8. The second-order valence-electron chi connectivity index (χ2n) is 7.44. The molecule has 162 valence electrons. The van der Waals surface area contributed by atoms with E-state index in [4.69, 9.17) is 4.74 Å². The highest BCUT2D eigenvalue weighted by Gasteiger charge is 2.20. The normalized spacial score (nSPS) is 10.8. The zero-order valence-electron chi connectivity index (χ0n) is 17.9. The van der Waals surface area contributed by atoms with E-state index in [-0.39, 0.29) is 18.0 Å². The van der Waals surface area contributed by atoms with Gasteiger partial charge in [0.2, 0.25) is 5.78 Å². The summed E-state index contributed by atoms with van der Waals surface area (Å²) in [6.45, 7) is 4.32. The third-order valence-electron chi connectivity index (χ3n) is 5.40. The molecule has 0 aliphatic rings. The smallest absolute Gasteiger partial charge is 0.340 e. The van der Waals surface area contributed by atoms with E-state index >= 15 is 0 Å². The van der Waals surface area contributed by atoms with Crippen molar-refractivity contribution in [1.29, 1.82) is 0 Å². The highest BCUT2D eigenvalue weighted by Crippen LogP contribution is 2.18. The van der Waals surface area contributed by atoms with Gasteiger partial charge in [0.05, 0.1) is 11.3 Å². The van der Waals surface area contributed by atoms with Crippen molar-refractivity contribution in [3.05, 3.63) is 95.1 Å². The van der Waals surface area contributed by atoms with Gasteiger partial charge in [0.15, 0.2) is 6.61 Å². The van der Waals surface area contributed by atoms with Crippen LogP contribution in [-0.2, 0) is 17.7 Å². The first kappa shape index (κ1) is 21.2. The van der Waals surface area contributed by atoms with Gasteiger partial charge in [-0.2, -0.15) is 4.68 Å². The molecule has 2 aromatic carbocycles. The molecule has 0 saturated heterocycles. The van der Waals surface area contributed by atoms with Crippen molar-refractivity contribution in [2.45, 2.75) is 26.8 Å². The molecule has 8 heteroatoms. The first-order valence-corrected chi connectivity index (χ1v) is 10.3. The molecule has 0 spiro atoms. The number of carbonyl (C=O) groups is 2. The highest BCUT2D eigenvalue weighted by molar-refractivity contribution is 6.01. The Hall–Kier alpha value is -4.07. The van der Waals surface area contributed by atoms with E-state index in [0.29, 0.717) is 11.3 Å². The Labute approximate surface area is 185 Å². The second kappa shape index (κ2) is 9.38. The topological polar surface area (TPSA) is 91.9 Å². The lowest BCUT2D eigenvalue weighted by Gasteiger charge is -2.10. The maximum absolute atomic E-state index is 12.8. The van der Waals surface area contributed by atoms with E-state index in [0.717, 1.165) is 24.4 Å². The summed E-state index contributed by atoms with van der Waals surface area (Å²) >= 11 is 0. The summed E-state index contributed by atoms with van der Waals surface area (Å²) in [5.74, 6) is -0.848. The molecule has 0 atom stereocenters. The van der Waals surface area contributed by atoms with Gasteiger partial charge in [0, 0.05) is 23.5 Å². The molecule has 0 radical (unpaired) electrons. The molecule has 0 aliphatic carbocycles. The highest BCUT2D eigenvalue weighted by atomic mass is 16.5. The molecule has 0 amide bonds. The minimum absolute atomic E-state index is 0.239. The Kier molecular flexibility index (Phi) is 6.21. The van der Waals surface area contributed by atoms with Crippen molar-refractivity contribution in [2.75, 3.05) is 6.61 Å². The van der Waals surface area contributed by atoms with Crippen LogP contribution in [0, 0.1) is 13.8 Å². The van der Waals surface area contributed by atoms with E-state index < -0.39 is 5.97 Å². The standard InChI is InChI=1S/C24H23N5O3/c1-17-14-21(18(2)28(17)13-12-19-8-4-3-5-9-19)23(30)15-32-24(31)20-10-6-7-11-22(20)29-16-25-26-27-29/h3-11,14,16H,12-13,15H2,1-2H3. The number of nitrogens with zero attached hydrogens (tertiary/aromatic N) is 5. The maximum Gasteiger partial charge on any atom is 0.340 e. The van der Waals surface area contributed by atoms with Crippen LogP contribution in [0.15, 0.2) is 67.0 Å². The molecule has 32 heavy (non-hydrogen) atoms. The molecule has 2 aromatic heterocycles. The van der Waals surface area contributed by atoms with Gasteiger partial charge < -0.3 is 9.30 Å². The minimum atomic E-state index is -0.609. The fraction of sp³-hybridized carbons (Fsp3) is 0.208. The molecule has 0 saturated carbocycles. The lowest BCUT2D eigenvalue weighted by atomic mass is 10.1. The molecule has 4 rings (SSSR count). The molecule has 0 fully saturated rings. The van der Waals surface area contributed by atoms with Crippen LogP contribution >= 0.6 is 0 Å². The fourth-order valence-corrected chi connectivity index (χ4v) is 3.72. The van der Waals surface area contributed by atoms with Gasteiger partial charge in [-0.25, -0.2) is 4.79 Å². The van der Waals surface area contributed by atoms with E-state index in [1.165, 1.54) is 16.6 Å². The number of esters is 1. The van der Waals surface area contributed by atoms with Crippen LogP contribution in [-0.4, -0.2) is 43.1 Å². The molecular weight excluding hydrogens is 406 g/mol. The number of hydrogen-bond acceptors (Lipinski definition) is 6. The van der Waals surface area contributed by atoms with E-state index in [1.807, 2.05) is 38.1 Å². The number of benzene rings is 2. The van der Waals surface area contributed by atoms with Crippen LogP contribution < -0.4 is 0 Å². The monoisotopic (exact) mass is 429 g/mol. The molecule has 0 bridgehead atoms. The van der Waals surface area contributed by atoms with E-state index in [1.54, 1.807) is 24.3 Å². The Bertz CT molecular complexity index is 1230. The number of hydrogen-bond donors (Lipinski definition) is 0. The zero-order chi connectivity index (χ0) is 22.5. The lowest BCUT2D eigenvalue weighted by molar-refractivity contribution is 0.0474. The van der Waals surface area contributed by atoms with Crippen LogP contribution in [0.4, 0.5) is 0 Å². The summed E-state index contributed by atoms with van der Waals surface area (Å²) in [6.07, 6.45) is 2.26. The predicted molar refractivity (Wildman–Crippen MR) is 118 cm³/mol. The van der Waals surface area contributed by atoms with Gasteiger partial charge in [-0.3, -0.25) is 4.79 Å². The summed E-state index contributed by atoms with van der Waals surface area (Å²) < 4.78 is 8.83. The SMILES string of the molecule is Cc1cc(C(=O)COC(=O)c2ccccc2-n2cnnn2)c(C)n1CCc1ccccc1. The summed E-state index contributed by atoms with van der Waals surface area (Å²) in [4.78, 5) is 25.5. The number of Topliss-reactive ketones (excluding diaryl/α,β-unsaturated/α-hetero) is 1. The quantitative estimate of drug-likeness (QED) is 0.315.